The molecule has 6 heteroatoms. The summed E-state index contributed by atoms with van der Waals surface area (Å²) in [6, 6.07) is 1.64. The zero-order valence-corrected chi connectivity index (χ0v) is 13.4. The smallest absolute Gasteiger partial charge is 0.341 e. The molecule has 0 unspecified atom stereocenters. The van der Waals surface area contributed by atoms with Crippen LogP contribution in [0.2, 0.25) is 0 Å². The lowest BCUT2D eigenvalue weighted by atomic mass is 9.74. The standard InChI is InChI=1S/C14H22N2O3S/c1-6-19-11(17)9-7-8-20-10(9)16-12(18)13(2,3)14(4,5)15/h7-8H,6,15H2,1-5H3,(H,16,18). The van der Waals surface area contributed by atoms with E-state index in [9.17, 15) is 9.59 Å². The van der Waals surface area contributed by atoms with Crippen LogP contribution in [0.15, 0.2) is 11.4 Å². The van der Waals surface area contributed by atoms with Gasteiger partial charge in [-0.25, -0.2) is 4.79 Å². The van der Waals surface area contributed by atoms with Crippen LogP contribution in [0.4, 0.5) is 5.00 Å². The summed E-state index contributed by atoms with van der Waals surface area (Å²) in [5, 5.41) is 5.01. The highest BCUT2D eigenvalue weighted by atomic mass is 32.1. The Balaban J connectivity index is 2.93. The molecule has 0 aliphatic rings. The van der Waals surface area contributed by atoms with Gasteiger partial charge in [0.15, 0.2) is 0 Å². The van der Waals surface area contributed by atoms with E-state index in [1.165, 1.54) is 11.3 Å². The molecule has 1 amide bonds. The molecule has 0 saturated heterocycles. The van der Waals surface area contributed by atoms with Gasteiger partial charge in [-0.05, 0) is 46.1 Å². The molecule has 0 spiro atoms. The first kappa shape index (κ1) is 16.7. The molecule has 20 heavy (non-hydrogen) atoms. The zero-order chi connectivity index (χ0) is 15.6. The van der Waals surface area contributed by atoms with Crippen LogP contribution in [0.1, 0.15) is 45.0 Å². The molecule has 1 heterocycles. The number of carbonyl (C=O) groups excluding carboxylic acids is 2. The topological polar surface area (TPSA) is 81.4 Å². The van der Waals surface area contributed by atoms with Gasteiger partial charge in [-0.1, -0.05) is 0 Å². The number of nitrogens with two attached hydrogens (primary N) is 1. The van der Waals surface area contributed by atoms with Crippen molar-refractivity contribution in [2.24, 2.45) is 11.1 Å². The molecule has 0 saturated carbocycles. The van der Waals surface area contributed by atoms with Gasteiger partial charge in [0.1, 0.15) is 5.00 Å². The fraction of sp³-hybridized carbons (Fsp3) is 0.571. The van der Waals surface area contributed by atoms with Crippen molar-refractivity contribution in [1.29, 1.82) is 0 Å². The minimum Gasteiger partial charge on any atom is -0.462 e. The van der Waals surface area contributed by atoms with E-state index >= 15 is 0 Å². The summed E-state index contributed by atoms with van der Waals surface area (Å²) >= 11 is 1.29. The minimum atomic E-state index is -0.775. The Morgan fingerprint density at radius 2 is 1.95 bits per heavy atom. The molecule has 5 nitrogen and oxygen atoms in total. The van der Waals surface area contributed by atoms with Crippen molar-refractivity contribution in [2.75, 3.05) is 11.9 Å². The Bertz CT molecular complexity index is 501. The number of hydrogen-bond acceptors (Lipinski definition) is 5. The van der Waals surface area contributed by atoms with Crippen LogP contribution in [0.3, 0.4) is 0 Å². The van der Waals surface area contributed by atoms with Crippen LogP contribution in [0, 0.1) is 5.41 Å². The second-order valence-corrected chi connectivity index (χ2v) is 6.60. The van der Waals surface area contributed by atoms with Gasteiger partial charge in [-0.15, -0.1) is 11.3 Å². The normalized spacial score (nSPS) is 12.1. The number of anilines is 1. The third-order valence-electron chi connectivity index (χ3n) is 3.57. The molecule has 1 aromatic heterocycles. The van der Waals surface area contributed by atoms with Gasteiger partial charge in [-0.2, -0.15) is 0 Å². The minimum absolute atomic E-state index is 0.224. The lowest BCUT2D eigenvalue weighted by molar-refractivity contribution is -0.126. The Kier molecular flexibility index (Phi) is 4.94. The van der Waals surface area contributed by atoms with E-state index < -0.39 is 16.9 Å². The van der Waals surface area contributed by atoms with E-state index in [4.69, 9.17) is 10.5 Å². The molecule has 1 aromatic rings. The van der Waals surface area contributed by atoms with Crippen LogP contribution >= 0.6 is 11.3 Å². The molecule has 1 rings (SSSR count). The third-order valence-corrected chi connectivity index (χ3v) is 4.40. The Morgan fingerprint density at radius 1 is 1.35 bits per heavy atom. The number of nitrogens with one attached hydrogen (secondary N) is 1. The van der Waals surface area contributed by atoms with E-state index in [0.29, 0.717) is 17.2 Å². The van der Waals surface area contributed by atoms with Crippen LogP contribution < -0.4 is 11.1 Å². The average molecular weight is 298 g/mol. The molecule has 0 aliphatic carbocycles. The first-order chi connectivity index (χ1) is 9.11. The van der Waals surface area contributed by atoms with Gasteiger partial charge < -0.3 is 15.8 Å². The van der Waals surface area contributed by atoms with Crippen molar-refractivity contribution in [3.8, 4) is 0 Å². The maximum Gasteiger partial charge on any atom is 0.341 e. The van der Waals surface area contributed by atoms with Gasteiger partial charge in [0.25, 0.3) is 0 Å². The number of carbonyl (C=O) groups is 2. The lowest BCUT2D eigenvalue weighted by Gasteiger charge is -2.36. The summed E-state index contributed by atoms with van der Waals surface area (Å²) in [6.45, 7) is 9.19. The maximum absolute atomic E-state index is 12.4. The molecule has 0 bridgehead atoms. The molecule has 3 N–H and O–H groups in total. The van der Waals surface area contributed by atoms with Crippen molar-refractivity contribution < 1.29 is 14.3 Å². The quantitative estimate of drug-likeness (QED) is 0.819. The van der Waals surface area contributed by atoms with Crippen molar-refractivity contribution >= 4 is 28.2 Å². The first-order valence-corrected chi connectivity index (χ1v) is 7.34. The summed E-state index contributed by atoms with van der Waals surface area (Å²) < 4.78 is 4.95. The summed E-state index contributed by atoms with van der Waals surface area (Å²) in [6.07, 6.45) is 0. The highest BCUT2D eigenvalue weighted by Crippen LogP contribution is 2.32. The Labute approximate surface area is 123 Å². The number of amides is 1. The van der Waals surface area contributed by atoms with Gasteiger partial charge >= 0.3 is 5.97 Å². The van der Waals surface area contributed by atoms with Gasteiger partial charge in [-0.3, -0.25) is 4.79 Å². The largest absolute Gasteiger partial charge is 0.462 e. The van der Waals surface area contributed by atoms with Crippen LogP contribution in [0.5, 0.6) is 0 Å². The molecular formula is C14H22N2O3S. The van der Waals surface area contributed by atoms with Crippen molar-refractivity contribution in [2.45, 2.75) is 40.2 Å². The summed E-state index contributed by atoms with van der Waals surface area (Å²) in [5.41, 5.74) is 4.95. The summed E-state index contributed by atoms with van der Waals surface area (Å²) in [4.78, 5) is 24.1. The van der Waals surface area contributed by atoms with Crippen molar-refractivity contribution in [3.05, 3.63) is 17.0 Å². The predicted octanol–water partition coefficient (Wildman–Crippen LogP) is 2.63. The van der Waals surface area contributed by atoms with Crippen molar-refractivity contribution in [3.63, 3.8) is 0 Å². The molecule has 112 valence electrons. The fourth-order valence-electron chi connectivity index (χ4n) is 1.33. The fourth-order valence-corrected chi connectivity index (χ4v) is 2.10. The molecule has 0 atom stereocenters. The van der Waals surface area contributed by atoms with Gasteiger partial charge in [0.05, 0.1) is 17.6 Å². The number of rotatable bonds is 5. The van der Waals surface area contributed by atoms with E-state index in [1.807, 2.05) is 0 Å². The molecule has 0 aliphatic heterocycles. The van der Waals surface area contributed by atoms with E-state index in [0.717, 1.165) is 0 Å². The van der Waals surface area contributed by atoms with Crippen LogP contribution in [-0.2, 0) is 9.53 Å². The highest BCUT2D eigenvalue weighted by molar-refractivity contribution is 7.14. The Morgan fingerprint density at radius 3 is 2.45 bits per heavy atom. The number of hydrogen-bond donors (Lipinski definition) is 2. The summed E-state index contributed by atoms with van der Waals surface area (Å²) in [5.74, 6) is -0.660. The van der Waals surface area contributed by atoms with E-state index in [1.54, 1.807) is 46.1 Å². The number of thiophene rings is 1. The maximum atomic E-state index is 12.4. The number of esters is 1. The zero-order valence-electron chi connectivity index (χ0n) is 12.6. The van der Waals surface area contributed by atoms with Crippen molar-refractivity contribution in [1.82, 2.24) is 0 Å². The van der Waals surface area contributed by atoms with Crippen LogP contribution in [-0.4, -0.2) is 24.0 Å². The predicted molar refractivity (Wildman–Crippen MR) is 81.0 cm³/mol. The van der Waals surface area contributed by atoms with E-state index in [2.05, 4.69) is 5.32 Å². The summed E-state index contributed by atoms with van der Waals surface area (Å²) in [7, 11) is 0. The first-order valence-electron chi connectivity index (χ1n) is 6.46. The Hall–Kier alpha value is -1.40. The average Bonchev–Trinajstić information content (AvgIpc) is 2.75. The lowest BCUT2D eigenvalue weighted by Crippen LogP contribution is -2.53. The van der Waals surface area contributed by atoms with Gasteiger partial charge in [0, 0.05) is 5.54 Å². The van der Waals surface area contributed by atoms with Crippen LogP contribution in [0.25, 0.3) is 0 Å². The van der Waals surface area contributed by atoms with Gasteiger partial charge in [0.2, 0.25) is 5.91 Å². The number of ether oxygens (including phenoxy) is 1. The molecular weight excluding hydrogens is 276 g/mol. The third kappa shape index (κ3) is 3.37. The molecule has 0 fully saturated rings. The highest BCUT2D eigenvalue weighted by Gasteiger charge is 2.40. The molecule has 0 radical (unpaired) electrons. The van der Waals surface area contributed by atoms with E-state index in [-0.39, 0.29) is 5.91 Å². The SMILES string of the molecule is CCOC(=O)c1ccsc1NC(=O)C(C)(C)C(C)(C)N. The second-order valence-electron chi connectivity index (χ2n) is 5.68. The second kappa shape index (κ2) is 5.93. The monoisotopic (exact) mass is 298 g/mol. The molecule has 0 aromatic carbocycles.